The van der Waals surface area contributed by atoms with Crippen LogP contribution in [0.3, 0.4) is 0 Å². The fourth-order valence-corrected chi connectivity index (χ4v) is 3.60. The predicted molar refractivity (Wildman–Crippen MR) is 75.6 cm³/mol. The van der Waals surface area contributed by atoms with Crippen molar-refractivity contribution in [2.45, 2.75) is 44.2 Å². The van der Waals surface area contributed by atoms with Crippen LogP contribution in [0.1, 0.15) is 38.2 Å². The van der Waals surface area contributed by atoms with E-state index >= 15 is 0 Å². The molecule has 18 heavy (non-hydrogen) atoms. The number of hydrogen-bond acceptors (Lipinski definition) is 2. The lowest BCUT2D eigenvalue weighted by molar-refractivity contribution is 0.101. The molecule has 1 N–H and O–H groups in total. The molecular formula is C16H24N2. The minimum Gasteiger partial charge on any atom is -0.305 e. The van der Waals surface area contributed by atoms with Gasteiger partial charge in [0.1, 0.15) is 0 Å². The van der Waals surface area contributed by atoms with E-state index in [-0.39, 0.29) is 5.54 Å². The number of nitrogens with one attached hydrogen (secondary N) is 1. The monoisotopic (exact) mass is 244 g/mol. The first-order chi connectivity index (χ1) is 8.78. The molecule has 1 aliphatic heterocycles. The van der Waals surface area contributed by atoms with Gasteiger partial charge in [0.25, 0.3) is 0 Å². The Bertz CT molecular complexity index is 383. The van der Waals surface area contributed by atoms with Gasteiger partial charge < -0.3 is 5.32 Å². The molecule has 0 aromatic heterocycles. The van der Waals surface area contributed by atoms with Crippen LogP contribution in [0.2, 0.25) is 0 Å². The van der Waals surface area contributed by atoms with E-state index in [1.54, 1.807) is 0 Å². The Kier molecular flexibility index (Phi) is 3.40. The molecular weight excluding hydrogens is 220 g/mol. The Morgan fingerprint density at radius 2 is 1.89 bits per heavy atom. The molecule has 0 spiro atoms. The predicted octanol–water partition coefficient (Wildman–Crippen LogP) is 2.75. The maximum atomic E-state index is 3.72. The van der Waals surface area contributed by atoms with Gasteiger partial charge in [-0.2, -0.15) is 0 Å². The molecule has 3 rings (SSSR count). The van der Waals surface area contributed by atoms with Crippen LogP contribution in [0.15, 0.2) is 30.3 Å². The van der Waals surface area contributed by atoms with E-state index in [0.717, 1.165) is 19.1 Å². The summed E-state index contributed by atoms with van der Waals surface area (Å²) in [4.78, 5) is 2.72. The van der Waals surface area contributed by atoms with E-state index in [1.807, 2.05) is 0 Å². The van der Waals surface area contributed by atoms with E-state index in [0.29, 0.717) is 0 Å². The quantitative estimate of drug-likeness (QED) is 0.860. The topological polar surface area (TPSA) is 15.3 Å². The SMILES string of the molecule is CC1(c2ccccc2)CN(C2CCCC2)CCN1. The average molecular weight is 244 g/mol. The molecule has 98 valence electrons. The first-order valence-corrected chi connectivity index (χ1v) is 7.32. The third-order valence-corrected chi connectivity index (χ3v) is 4.69. The van der Waals surface area contributed by atoms with Gasteiger partial charge in [0, 0.05) is 25.7 Å². The molecule has 1 heterocycles. The van der Waals surface area contributed by atoms with Gasteiger partial charge in [-0.1, -0.05) is 43.2 Å². The lowest BCUT2D eigenvalue weighted by atomic mass is 9.89. The van der Waals surface area contributed by atoms with Crippen molar-refractivity contribution in [1.29, 1.82) is 0 Å². The van der Waals surface area contributed by atoms with Gasteiger partial charge in [-0.15, -0.1) is 0 Å². The van der Waals surface area contributed by atoms with Crippen LogP contribution in [0.5, 0.6) is 0 Å². The Morgan fingerprint density at radius 3 is 2.61 bits per heavy atom. The fourth-order valence-electron chi connectivity index (χ4n) is 3.60. The summed E-state index contributed by atoms with van der Waals surface area (Å²) in [7, 11) is 0. The van der Waals surface area contributed by atoms with E-state index in [2.05, 4.69) is 47.5 Å². The van der Waals surface area contributed by atoms with Gasteiger partial charge in [0.15, 0.2) is 0 Å². The summed E-state index contributed by atoms with van der Waals surface area (Å²) in [6.07, 6.45) is 5.67. The molecule has 1 aromatic carbocycles. The third kappa shape index (κ3) is 2.32. The normalized spacial score (nSPS) is 30.7. The molecule has 1 saturated carbocycles. The minimum atomic E-state index is 0.127. The van der Waals surface area contributed by atoms with Gasteiger partial charge in [-0.3, -0.25) is 4.90 Å². The summed E-state index contributed by atoms with van der Waals surface area (Å²) >= 11 is 0. The molecule has 0 radical (unpaired) electrons. The largest absolute Gasteiger partial charge is 0.305 e. The summed E-state index contributed by atoms with van der Waals surface area (Å²) < 4.78 is 0. The van der Waals surface area contributed by atoms with Crippen LogP contribution < -0.4 is 5.32 Å². The van der Waals surface area contributed by atoms with Crippen molar-refractivity contribution in [3.05, 3.63) is 35.9 Å². The molecule has 1 atom stereocenters. The van der Waals surface area contributed by atoms with E-state index in [4.69, 9.17) is 0 Å². The van der Waals surface area contributed by atoms with Crippen LogP contribution in [-0.4, -0.2) is 30.6 Å². The second-order valence-electron chi connectivity index (χ2n) is 6.03. The fraction of sp³-hybridized carbons (Fsp3) is 0.625. The van der Waals surface area contributed by atoms with E-state index in [1.165, 1.54) is 37.8 Å². The van der Waals surface area contributed by atoms with Crippen molar-refractivity contribution >= 4 is 0 Å². The van der Waals surface area contributed by atoms with Crippen LogP contribution in [0.25, 0.3) is 0 Å². The molecule has 1 aliphatic carbocycles. The molecule has 0 amide bonds. The second kappa shape index (κ2) is 5.02. The standard InChI is InChI=1S/C16H24N2/c1-16(14-7-3-2-4-8-14)13-18(12-11-17-16)15-9-5-6-10-15/h2-4,7-8,15,17H,5-6,9-13H2,1H3. The molecule has 1 aromatic rings. The van der Waals surface area contributed by atoms with Crippen LogP contribution in [0, 0.1) is 0 Å². The van der Waals surface area contributed by atoms with Crippen molar-refractivity contribution in [2.24, 2.45) is 0 Å². The summed E-state index contributed by atoms with van der Waals surface area (Å²) in [6.45, 7) is 5.83. The van der Waals surface area contributed by atoms with Gasteiger partial charge in [-0.25, -0.2) is 0 Å². The van der Waals surface area contributed by atoms with Crippen molar-refractivity contribution in [1.82, 2.24) is 10.2 Å². The molecule has 1 saturated heterocycles. The lowest BCUT2D eigenvalue weighted by Gasteiger charge is -2.44. The lowest BCUT2D eigenvalue weighted by Crippen LogP contribution is -2.58. The Labute approximate surface area is 110 Å². The zero-order chi connectivity index (χ0) is 12.4. The molecule has 1 unspecified atom stereocenters. The Morgan fingerprint density at radius 1 is 1.17 bits per heavy atom. The zero-order valence-corrected chi connectivity index (χ0v) is 11.4. The van der Waals surface area contributed by atoms with E-state index in [9.17, 15) is 0 Å². The first kappa shape index (κ1) is 12.2. The highest BCUT2D eigenvalue weighted by molar-refractivity contribution is 5.25. The summed E-state index contributed by atoms with van der Waals surface area (Å²) in [6, 6.07) is 11.8. The van der Waals surface area contributed by atoms with Crippen molar-refractivity contribution in [3.63, 3.8) is 0 Å². The van der Waals surface area contributed by atoms with Gasteiger partial charge in [-0.05, 0) is 25.3 Å². The highest BCUT2D eigenvalue weighted by Gasteiger charge is 2.35. The van der Waals surface area contributed by atoms with Gasteiger partial charge in [0.2, 0.25) is 0 Å². The maximum Gasteiger partial charge on any atom is 0.0535 e. The highest BCUT2D eigenvalue weighted by Crippen LogP contribution is 2.30. The molecule has 2 aliphatic rings. The molecule has 2 fully saturated rings. The molecule has 2 nitrogen and oxygen atoms in total. The highest BCUT2D eigenvalue weighted by atomic mass is 15.2. The first-order valence-electron chi connectivity index (χ1n) is 7.32. The number of benzene rings is 1. The Balaban J connectivity index is 1.76. The minimum absolute atomic E-state index is 0.127. The number of piperazine rings is 1. The summed E-state index contributed by atoms with van der Waals surface area (Å²) in [5.74, 6) is 0. The second-order valence-corrected chi connectivity index (χ2v) is 6.03. The summed E-state index contributed by atoms with van der Waals surface area (Å²) in [5.41, 5.74) is 1.55. The van der Waals surface area contributed by atoms with Crippen LogP contribution in [0.4, 0.5) is 0 Å². The van der Waals surface area contributed by atoms with Crippen LogP contribution >= 0.6 is 0 Å². The Hall–Kier alpha value is -0.860. The molecule has 0 bridgehead atoms. The summed E-state index contributed by atoms with van der Waals surface area (Å²) in [5, 5.41) is 3.72. The number of nitrogens with zero attached hydrogens (tertiary/aromatic N) is 1. The van der Waals surface area contributed by atoms with Gasteiger partial charge >= 0.3 is 0 Å². The smallest absolute Gasteiger partial charge is 0.0535 e. The van der Waals surface area contributed by atoms with Crippen molar-refractivity contribution in [2.75, 3.05) is 19.6 Å². The molecule has 2 heteroatoms. The van der Waals surface area contributed by atoms with Crippen molar-refractivity contribution in [3.8, 4) is 0 Å². The van der Waals surface area contributed by atoms with Gasteiger partial charge in [0.05, 0.1) is 5.54 Å². The maximum absolute atomic E-state index is 3.72. The number of hydrogen-bond donors (Lipinski definition) is 1. The van der Waals surface area contributed by atoms with Crippen LogP contribution in [-0.2, 0) is 5.54 Å². The average Bonchev–Trinajstić information content (AvgIpc) is 2.94. The third-order valence-electron chi connectivity index (χ3n) is 4.69. The number of rotatable bonds is 2. The van der Waals surface area contributed by atoms with Crippen molar-refractivity contribution < 1.29 is 0 Å². The van der Waals surface area contributed by atoms with E-state index < -0.39 is 0 Å². The zero-order valence-electron chi connectivity index (χ0n) is 11.4.